The largest absolute Gasteiger partial charge is 0.324 e. The van der Waals surface area contributed by atoms with Crippen LogP contribution in [0.3, 0.4) is 0 Å². The fraction of sp³-hybridized carbons (Fsp3) is 0.375. The molecule has 1 aliphatic rings. The van der Waals surface area contributed by atoms with Crippen molar-refractivity contribution in [1.29, 1.82) is 0 Å². The van der Waals surface area contributed by atoms with Gasteiger partial charge in [0.05, 0.1) is 11.2 Å². The van der Waals surface area contributed by atoms with Crippen molar-refractivity contribution in [2.45, 2.75) is 19.3 Å². The van der Waals surface area contributed by atoms with Crippen molar-refractivity contribution in [2.24, 2.45) is 5.92 Å². The molecule has 1 saturated heterocycles. The lowest BCUT2D eigenvalue weighted by Crippen LogP contribution is -2.15. The van der Waals surface area contributed by atoms with E-state index >= 15 is 0 Å². The van der Waals surface area contributed by atoms with Crippen molar-refractivity contribution in [1.82, 2.24) is 10.3 Å². The normalized spacial score (nSPS) is 18.0. The van der Waals surface area contributed by atoms with Crippen LogP contribution in [0.5, 0.6) is 0 Å². The molecule has 1 unspecified atom stereocenters. The molecule has 110 valence electrons. The van der Waals surface area contributed by atoms with Gasteiger partial charge in [0.15, 0.2) is 0 Å². The van der Waals surface area contributed by atoms with Gasteiger partial charge in [0.25, 0.3) is 0 Å². The Balaban J connectivity index is 1.67. The average Bonchev–Trinajstić information content (AvgIpc) is 2.98. The molecule has 0 radical (unpaired) electrons. The van der Waals surface area contributed by atoms with Crippen LogP contribution in [0, 0.1) is 5.92 Å². The van der Waals surface area contributed by atoms with Gasteiger partial charge < -0.3 is 10.6 Å². The summed E-state index contributed by atoms with van der Waals surface area (Å²) in [7, 11) is 0. The highest BCUT2D eigenvalue weighted by Crippen LogP contribution is 2.24. The zero-order valence-corrected chi connectivity index (χ0v) is 13.3. The van der Waals surface area contributed by atoms with Crippen molar-refractivity contribution in [3.05, 3.63) is 34.9 Å². The fourth-order valence-electron chi connectivity index (χ4n) is 2.74. The van der Waals surface area contributed by atoms with Crippen molar-refractivity contribution in [3.8, 4) is 0 Å². The topological polar surface area (TPSA) is 54.0 Å². The van der Waals surface area contributed by atoms with Gasteiger partial charge in [0, 0.05) is 22.5 Å². The minimum absolute atomic E-state index is 0.0686. The molecule has 2 heterocycles. The molecule has 0 saturated carbocycles. The van der Waals surface area contributed by atoms with Gasteiger partial charge in [-0.15, -0.1) is 0 Å². The van der Waals surface area contributed by atoms with Crippen molar-refractivity contribution in [2.75, 3.05) is 18.4 Å². The monoisotopic (exact) mass is 347 g/mol. The molecule has 1 amide bonds. The van der Waals surface area contributed by atoms with Crippen LogP contribution in [0.25, 0.3) is 10.9 Å². The molecule has 4 nitrogen and oxygen atoms in total. The summed E-state index contributed by atoms with van der Waals surface area (Å²) in [6, 6.07) is 7.83. The first-order valence-electron chi connectivity index (χ1n) is 7.27. The first-order valence-corrected chi connectivity index (χ1v) is 8.06. The van der Waals surface area contributed by atoms with Crippen LogP contribution in [0.1, 0.15) is 19.3 Å². The number of para-hydroxylation sites is 1. The standard InChI is InChI=1S/C16H18BrN3O/c17-13-8-12-2-1-3-14(16(12)19-10-13)20-15(21)5-4-11-6-7-18-9-11/h1-3,8,10-11,18H,4-7,9H2,(H,20,21). The highest BCUT2D eigenvalue weighted by Gasteiger charge is 2.16. The molecule has 0 bridgehead atoms. The summed E-state index contributed by atoms with van der Waals surface area (Å²) in [6.07, 6.45) is 4.45. The Labute approximate surface area is 132 Å². The van der Waals surface area contributed by atoms with Gasteiger partial charge in [0.1, 0.15) is 0 Å². The van der Waals surface area contributed by atoms with E-state index in [0.29, 0.717) is 12.3 Å². The average molecular weight is 348 g/mol. The molecule has 0 spiro atoms. The van der Waals surface area contributed by atoms with Crippen LogP contribution in [-0.4, -0.2) is 24.0 Å². The number of fused-ring (bicyclic) bond motifs is 1. The third-order valence-corrected chi connectivity index (χ3v) is 4.33. The van der Waals surface area contributed by atoms with Gasteiger partial charge in [-0.1, -0.05) is 12.1 Å². The number of aromatic nitrogens is 1. The lowest BCUT2D eigenvalue weighted by Gasteiger charge is -2.10. The van der Waals surface area contributed by atoms with Crippen LogP contribution < -0.4 is 10.6 Å². The summed E-state index contributed by atoms with van der Waals surface area (Å²) in [5.41, 5.74) is 1.62. The Morgan fingerprint density at radius 3 is 3.19 bits per heavy atom. The molecule has 2 N–H and O–H groups in total. The van der Waals surface area contributed by atoms with Crippen LogP contribution in [0.15, 0.2) is 34.9 Å². The molecule has 3 rings (SSSR count). The quantitative estimate of drug-likeness (QED) is 0.891. The van der Waals surface area contributed by atoms with E-state index in [-0.39, 0.29) is 5.91 Å². The third kappa shape index (κ3) is 3.60. The summed E-state index contributed by atoms with van der Waals surface area (Å²) in [6.45, 7) is 2.12. The molecule has 21 heavy (non-hydrogen) atoms. The molecule has 1 aromatic carbocycles. The zero-order valence-electron chi connectivity index (χ0n) is 11.7. The second-order valence-electron chi connectivity index (χ2n) is 5.48. The maximum atomic E-state index is 12.1. The van der Waals surface area contributed by atoms with E-state index < -0.39 is 0 Å². The number of nitrogens with one attached hydrogen (secondary N) is 2. The molecule has 0 aliphatic carbocycles. The molecule has 2 aromatic rings. The number of benzene rings is 1. The minimum Gasteiger partial charge on any atom is -0.324 e. The molecule has 1 atom stereocenters. The molecule has 5 heteroatoms. The Kier molecular flexibility index (Phi) is 4.51. The number of rotatable bonds is 4. The maximum Gasteiger partial charge on any atom is 0.224 e. The first-order chi connectivity index (χ1) is 10.2. The predicted molar refractivity (Wildman–Crippen MR) is 88.3 cm³/mol. The third-order valence-electron chi connectivity index (χ3n) is 3.89. The van der Waals surface area contributed by atoms with E-state index in [1.54, 1.807) is 6.20 Å². The zero-order chi connectivity index (χ0) is 14.7. The van der Waals surface area contributed by atoms with Gasteiger partial charge >= 0.3 is 0 Å². The van der Waals surface area contributed by atoms with E-state index in [4.69, 9.17) is 0 Å². The number of nitrogens with zero attached hydrogens (tertiary/aromatic N) is 1. The van der Waals surface area contributed by atoms with Crippen LogP contribution >= 0.6 is 15.9 Å². The number of hydrogen-bond donors (Lipinski definition) is 2. The lowest BCUT2D eigenvalue weighted by molar-refractivity contribution is -0.116. The second kappa shape index (κ2) is 6.54. The number of carbonyl (C=O) groups excluding carboxylic acids is 1. The minimum atomic E-state index is 0.0686. The van der Waals surface area contributed by atoms with E-state index in [1.165, 1.54) is 6.42 Å². The Morgan fingerprint density at radius 2 is 2.38 bits per heavy atom. The van der Waals surface area contributed by atoms with E-state index in [0.717, 1.165) is 40.6 Å². The van der Waals surface area contributed by atoms with Crippen molar-refractivity contribution in [3.63, 3.8) is 0 Å². The Hall–Kier alpha value is -1.46. The summed E-state index contributed by atoms with van der Waals surface area (Å²) < 4.78 is 0.937. The number of hydrogen-bond acceptors (Lipinski definition) is 3. The van der Waals surface area contributed by atoms with E-state index in [9.17, 15) is 4.79 Å². The van der Waals surface area contributed by atoms with Gasteiger partial charge in [0.2, 0.25) is 5.91 Å². The summed E-state index contributed by atoms with van der Waals surface area (Å²) >= 11 is 3.41. The van der Waals surface area contributed by atoms with E-state index in [2.05, 4.69) is 31.5 Å². The first kappa shape index (κ1) is 14.5. The molecule has 1 fully saturated rings. The molecule has 1 aromatic heterocycles. The number of amides is 1. The van der Waals surface area contributed by atoms with Gasteiger partial charge in [-0.05, 0) is 59.9 Å². The predicted octanol–water partition coefficient (Wildman–Crippen LogP) is 3.33. The van der Waals surface area contributed by atoms with Crippen LogP contribution in [0.2, 0.25) is 0 Å². The fourth-order valence-corrected chi connectivity index (χ4v) is 3.09. The lowest BCUT2D eigenvalue weighted by atomic mass is 10.0. The van der Waals surface area contributed by atoms with Crippen LogP contribution in [0.4, 0.5) is 5.69 Å². The van der Waals surface area contributed by atoms with Crippen LogP contribution in [-0.2, 0) is 4.79 Å². The molecule has 1 aliphatic heterocycles. The SMILES string of the molecule is O=C(CCC1CCNC1)Nc1cccc2cc(Br)cnc12. The van der Waals surface area contributed by atoms with Gasteiger partial charge in [-0.2, -0.15) is 0 Å². The van der Waals surface area contributed by atoms with Crippen molar-refractivity contribution < 1.29 is 4.79 Å². The van der Waals surface area contributed by atoms with E-state index in [1.807, 2.05) is 24.3 Å². The number of carbonyl (C=O) groups is 1. The highest BCUT2D eigenvalue weighted by molar-refractivity contribution is 9.10. The summed E-state index contributed by atoms with van der Waals surface area (Å²) in [5, 5.41) is 7.34. The Morgan fingerprint density at radius 1 is 1.48 bits per heavy atom. The van der Waals surface area contributed by atoms with Gasteiger partial charge in [-0.3, -0.25) is 9.78 Å². The Bertz CT molecular complexity index is 653. The second-order valence-corrected chi connectivity index (χ2v) is 6.39. The van der Waals surface area contributed by atoms with Crippen molar-refractivity contribution >= 4 is 38.4 Å². The number of halogens is 1. The smallest absolute Gasteiger partial charge is 0.224 e. The molecular formula is C16H18BrN3O. The summed E-state index contributed by atoms with van der Waals surface area (Å²) in [5.74, 6) is 0.705. The number of pyridine rings is 1. The highest BCUT2D eigenvalue weighted by atomic mass is 79.9. The molecular weight excluding hydrogens is 330 g/mol. The number of anilines is 1. The maximum absolute atomic E-state index is 12.1. The van der Waals surface area contributed by atoms with Gasteiger partial charge in [-0.25, -0.2) is 0 Å². The summed E-state index contributed by atoms with van der Waals surface area (Å²) in [4.78, 5) is 16.5.